The fraction of sp³-hybridized carbons (Fsp3) is 0.364. The van der Waals surface area contributed by atoms with Crippen molar-refractivity contribution in [3.63, 3.8) is 0 Å². The second-order valence-electron chi connectivity index (χ2n) is 3.51. The minimum atomic E-state index is -0.489. The van der Waals surface area contributed by atoms with E-state index in [1.54, 1.807) is 4.90 Å². The SMILES string of the molecule is O=C1CCc2cc(I)ccc2N1CCF. The average molecular weight is 319 g/mol. The Bertz CT molecular complexity index is 394. The first kappa shape index (κ1) is 10.9. The summed E-state index contributed by atoms with van der Waals surface area (Å²) in [5.41, 5.74) is 2.03. The Kier molecular flexibility index (Phi) is 3.23. The molecule has 2 rings (SSSR count). The van der Waals surface area contributed by atoms with Gasteiger partial charge in [0.15, 0.2) is 0 Å². The lowest BCUT2D eigenvalue weighted by atomic mass is 10.0. The molecule has 0 aromatic heterocycles. The fourth-order valence-corrected chi connectivity index (χ4v) is 2.41. The van der Waals surface area contributed by atoms with Gasteiger partial charge in [-0.2, -0.15) is 0 Å². The lowest BCUT2D eigenvalue weighted by molar-refractivity contribution is -0.118. The van der Waals surface area contributed by atoms with Crippen LogP contribution in [0.4, 0.5) is 10.1 Å². The van der Waals surface area contributed by atoms with Gasteiger partial charge in [-0.05, 0) is 52.8 Å². The van der Waals surface area contributed by atoms with Crippen LogP contribution in [0, 0.1) is 3.57 Å². The summed E-state index contributed by atoms with van der Waals surface area (Å²) in [5, 5.41) is 0. The second-order valence-corrected chi connectivity index (χ2v) is 4.75. The van der Waals surface area contributed by atoms with Gasteiger partial charge in [-0.3, -0.25) is 4.79 Å². The van der Waals surface area contributed by atoms with Crippen LogP contribution in [-0.2, 0) is 11.2 Å². The molecule has 1 aromatic rings. The van der Waals surface area contributed by atoms with E-state index in [0.29, 0.717) is 6.42 Å². The number of fused-ring (bicyclic) bond motifs is 1. The predicted octanol–water partition coefficient (Wildman–Crippen LogP) is 2.54. The van der Waals surface area contributed by atoms with Crippen LogP contribution in [0.15, 0.2) is 18.2 Å². The number of rotatable bonds is 2. The van der Waals surface area contributed by atoms with Crippen LogP contribution in [0.1, 0.15) is 12.0 Å². The third-order valence-electron chi connectivity index (χ3n) is 2.55. The number of hydrogen-bond donors (Lipinski definition) is 0. The quantitative estimate of drug-likeness (QED) is 0.767. The van der Waals surface area contributed by atoms with Crippen molar-refractivity contribution in [3.8, 4) is 0 Å². The van der Waals surface area contributed by atoms with Gasteiger partial charge in [0.1, 0.15) is 6.67 Å². The third kappa shape index (κ3) is 2.14. The van der Waals surface area contributed by atoms with Gasteiger partial charge in [0.05, 0.1) is 6.54 Å². The smallest absolute Gasteiger partial charge is 0.227 e. The van der Waals surface area contributed by atoms with Gasteiger partial charge in [0, 0.05) is 15.7 Å². The van der Waals surface area contributed by atoms with E-state index in [2.05, 4.69) is 28.7 Å². The summed E-state index contributed by atoms with van der Waals surface area (Å²) < 4.78 is 13.5. The van der Waals surface area contributed by atoms with Gasteiger partial charge in [0.2, 0.25) is 5.91 Å². The molecule has 1 heterocycles. The maximum absolute atomic E-state index is 12.3. The Morgan fingerprint density at radius 2 is 2.20 bits per heavy atom. The van der Waals surface area contributed by atoms with Gasteiger partial charge < -0.3 is 4.90 Å². The summed E-state index contributed by atoms with van der Waals surface area (Å²) in [4.78, 5) is 13.1. The Hall–Kier alpha value is -0.650. The maximum Gasteiger partial charge on any atom is 0.227 e. The minimum absolute atomic E-state index is 0.0290. The first-order valence-corrected chi connectivity index (χ1v) is 5.95. The third-order valence-corrected chi connectivity index (χ3v) is 3.22. The molecule has 0 spiro atoms. The molecule has 1 amide bonds. The molecule has 15 heavy (non-hydrogen) atoms. The number of hydrogen-bond acceptors (Lipinski definition) is 1. The largest absolute Gasteiger partial charge is 0.310 e. The van der Waals surface area contributed by atoms with Crippen molar-refractivity contribution in [1.82, 2.24) is 0 Å². The summed E-state index contributed by atoms with van der Waals surface area (Å²) in [5.74, 6) is 0.0290. The molecule has 0 unspecified atom stereocenters. The predicted molar refractivity (Wildman–Crippen MR) is 65.8 cm³/mol. The number of carbonyl (C=O) groups is 1. The van der Waals surface area contributed by atoms with Crippen LogP contribution in [0.3, 0.4) is 0 Å². The van der Waals surface area contributed by atoms with Gasteiger partial charge in [-0.1, -0.05) is 0 Å². The van der Waals surface area contributed by atoms with E-state index < -0.39 is 6.67 Å². The molecule has 0 N–H and O–H groups in total. The van der Waals surface area contributed by atoms with Crippen LogP contribution in [0.2, 0.25) is 0 Å². The number of amides is 1. The van der Waals surface area contributed by atoms with E-state index in [4.69, 9.17) is 0 Å². The van der Waals surface area contributed by atoms with Crippen molar-refractivity contribution >= 4 is 34.2 Å². The van der Waals surface area contributed by atoms with Crippen molar-refractivity contribution in [2.45, 2.75) is 12.8 Å². The Labute approximate surface area is 102 Å². The summed E-state index contributed by atoms with van der Waals surface area (Å²) in [7, 11) is 0. The van der Waals surface area contributed by atoms with Crippen LogP contribution >= 0.6 is 22.6 Å². The van der Waals surface area contributed by atoms with E-state index >= 15 is 0 Å². The zero-order valence-electron chi connectivity index (χ0n) is 8.17. The van der Waals surface area contributed by atoms with E-state index in [9.17, 15) is 9.18 Å². The Balaban J connectivity index is 2.39. The highest BCUT2D eigenvalue weighted by Crippen LogP contribution is 2.28. The van der Waals surface area contributed by atoms with E-state index in [1.807, 2.05) is 12.1 Å². The molecule has 4 heteroatoms. The molecule has 0 bridgehead atoms. The second kappa shape index (κ2) is 4.47. The summed E-state index contributed by atoms with van der Waals surface area (Å²) in [6.45, 7) is -0.316. The van der Waals surface area contributed by atoms with Crippen LogP contribution in [-0.4, -0.2) is 19.1 Å². The highest BCUT2D eigenvalue weighted by atomic mass is 127. The van der Waals surface area contributed by atoms with Gasteiger partial charge in [-0.15, -0.1) is 0 Å². The Morgan fingerprint density at radius 3 is 2.93 bits per heavy atom. The molecular weight excluding hydrogens is 308 g/mol. The fourth-order valence-electron chi connectivity index (χ4n) is 1.86. The molecular formula is C11H11FINO. The zero-order chi connectivity index (χ0) is 10.8. The average Bonchev–Trinajstić information content (AvgIpc) is 2.22. The van der Waals surface area contributed by atoms with Crippen LogP contribution < -0.4 is 4.90 Å². The Morgan fingerprint density at radius 1 is 1.40 bits per heavy atom. The molecule has 2 nitrogen and oxygen atoms in total. The van der Waals surface area contributed by atoms with E-state index in [0.717, 1.165) is 21.2 Å². The number of anilines is 1. The topological polar surface area (TPSA) is 20.3 Å². The molecule has 80 valence electrons. The maximum atomic E-state index is 12.3. The van der Waals surface area contributed by atoms with Crippen LogP contribution in [0.25, 0.3) is 0 Å². The van der Waals surface area contributed by atoms with Crippen molar-refractivity contribution in [1.29, 1.82) is 0 Å². The summed E-state index contributed by atoms with van der Waals surface area (Å²) >= 11 is 2.24. The molecule has 1 aliphatic rings. The molecule has 0 fully saturated rings. The van der Waals surface area contributed by atoms with Crippen molar-refractivity contribution in [2.24, 2.45) is 0 Å². The first-order chi connectivity index (χ1) is 7.22. The number of alkyl halides is 1. The number of benzene rings is 1. The van der Waals surface area contributed by atoms with Gasteiger partial charge in [-0.25, -0.2) is 4.39 Å². The first-order valence-electron chi connectivity index (χ1n) is 4.87. The lowest BCUT2D eigenvalue weighted by Gasteiger charge is -2.28. The highest BCUT2D eigenvalue weighted by Gasteiger charge is 2.23. The molecule has 0 atom stereocenters. The van der Waals surface area contributed by atoms with Crippen LogP contribution in [0.5, 0.6) is 0 Å². The lowest BCUT2D eigenvalue weighted by Crippen LogP contribution is -2.36. The van der Waals surface area contributed by atoms with Crippen molar-refractivity contribution in [3.05, 3.63) is 27.3 Å². The molecule has 0 saturated carbocycles. The van der Waals surface area contributed by atoms with Crippen molar-refractivity contribution < 1.29 is 9.18 Å². The van der Waals surface area contributed by atoms with Crippen molar-refractivity contribution in [2.75, 3.05) is 18.1 Å². The number of halogens is 2. The summed E-state index contributed by atoms with van der Waals surface area (Å²) in [6, 6.07) is 5.92. The monoisotopic (exact) mass is 319 g/mol. The minimum Gasteiger partial charge on any atom is -0.310 e. The molecule has 1 aromatic carbocycles. The zero-order valence-corrected chi connectivity index (χ0v) is 10.3. The molecule has 1 aliphatic heterocycles. The number of aryl methyl sites for hydroxylation is 1. The van der Waals surface area contributed by atoms with E-state index in [-0.39, 0.29) is 12.5 Å². The van der Waals surface area contributed by atoms with E-state index in [1.165, 1.54) is 0 Å². The normalized spacial score (nSPS) is 15.3. The standard InChI is InChI=1S/C11H11FINO/c12-5-6-14-10-3-2-9(13)7-8(10)1-4-11(14)15/h2-3,7H,1,4-6H2. The number of nitrogens with zero attached hydrogens (tertiary/aromatic N) is 1. The number of carbonyl (C=O) groups excluding carboxylic acids is 1. The molecule has 0 saturated heterocycles. The highest BCUT2D eigenvalue weighted by molar-refractivity contribution is 14.1. The summed E-state index contributed by atoms with van der Waals surface area (Å²) in [6.07, 6.45) is 1.26. The van der Waals surface area contributed by atoms with Gasteiger partial charge >= 0.3 is 0 Å². The molecule has 0 radical (unpaired) electrons. The van der Waals surface area contributed by atoms with Gasteiger partial charge in [0.25, 0.3) is 0 Å². The molecule has 0 aliphatic carbocycles.